The van der Waals surface area contributed by atoms with E-state index in [9.17, 15) is 9.59 Å². The lowest BCUT2D eigenvalue weighted by atomic mass is 9.84. The number of ether oxygens (including phenoxy) is 2. The number of amidine groups is 1. The van der Waals surface area contributed by atoms with Crippen LogP contribution in [0.3, 0.4) is 0 Å². The van der Waals surface area contributed by atoms with Crippen LogP contribution in [-0.4, -0.2) is 90.4 Å². The minimum absolute atomic E-state index is 0.0141. The van der Waals surface area contributed by atoms with E-state index in [-0.39, 0.29) is 30.4 Å². The molecule has 9 nitrogen and oxygen atoms in total. The first-order chi connectivity index (χ1) is 19.9. The van der Waals surface area contributed by atoms with Crippen LogP contribution < -0.4 is 4.74 Å². The molecule has 0 aliphatic carbocycles. The Balaban J connectivity index is 1.52. The van der Waals surface area contributed by atoms with Crippen molar-refractivity contribution in [1.29, 1.82) is 5.41 Å². The van der Waals surface area contributed by atoms with Crippen molar-refractivity contribution >= 4 is 17.6 Å². The topological polar surface area (TPSA) is 106 Å². The predicted octanol–water partition coefficient (Wildman–Crippen LogP) is 4.71. The Kier molecular flexibility index (Phi) is 10.1. The highest BCUT2D eigenvalue weighted by atomic mass is 16.5. The van der Waals surface area contributed by atoms with Crippen molar-refractivity contribution in [3.8, 4) is 5.75 Å². The summed E-state index contributed by atoms with van der Waals surface area (Å²) in [5.41, 5.74) is 5.44. The van der Waals surface area contributed by atoms with E-state index in [0.717, 1.165) is 53.1 Å². The smallest absolute Gasteiger partial charge is 0.317 e. The van der Waals surface area contributed by atoms with Crippen LogP contribution in [0.2, 0.25) is 0 Å². The highest BCUT2D eigenvalue weighted by Gasteiger charge is 2.30. The molecule has 0 bridgehead atoms. The second-order valence-corrected chi connectivity index (χ2v) is 12.4. The summed E-state index contributed by atoms with van der Waals surface area (Å²) in [7, 11) is 1.69. The van der Waals surface area contributed by atoms with E-state index in [0.29, 0.717) is 44.2 Å². The van der Waals surface area contributed by atoms with E-state index in [1.807, 2.05) is 41.0 Å². The predicted molar refractivity (Wildman–Crippen MR) is 164 cm³/mol. The lowest BCUT2D eigenvalue weighted by Crippen LogP contribution is -2.47. The minimum Gasteiger partial charge on any atom is -0.493 e. The molecule has 9 heteroatoms. The number of carbonyl (C=O) groups excluding carboxylic acids is 1. The van der Waals surface area contributed by atoms with Crippen LogP contribution in [0.1, 0.15) is 85.3 Å². The fourth-order valence-electron chi connectivity index (χ4n) is 5.82. The molecular formula is C33H46N4O5. The molecule has 1 fully saturated rings. The Hall–Kier alpha value is -3.27. The van der Waals surface area contributed by atoms with Gasteiger partial charge in [0.2, 0.25) is 0 Å². The highest BCUT2D eigenvalue weighted by molar-refractivity contribution is 6.05. The van der Waals surface area contributed by atoms with Crippen LogP contribution in [0.5, 0.6) is 5.75 Å². The summed E-state index contributed by atoms with van der Waals surface area (Å²) >= 11 is 0. The molecule has 0 aromatic heterocycles. The number of Topliss-reactive ketones (excluding diaryl/α,β-unsaturated/α-hetero) is 1. The average molecular weight is 579 g/mol. The lowest BCUT2D eigenvalue weighted by Gasteiger charge is -2.34. The monoisotopic (exact) mass is 578 g/mol. The number of carbonyl (C=O) groups is 2. The number of hydrogen-bond donors (Lipinski definition) is 2. The van der Waals surface area contributed by atoms with E-state index in [1.165, 1.54) is 0 Å². The molecule has 4 rings (SSSR count). The summed E-state index contributed by atoms with van der Waals surface area (Å²) in [5, 5.41) is 18.0. The van der Waals surface area contributed by atoms with Gasteiger partial charge < -0.3 is 19.5 Å². The zero-order valence-corrected chi connectivity index (χ0v) is 26.0. The van der Waals surface area contributed by atoms with E-state index >= 15 is 0 Å². The summed E-state index contributed by atoms with van der Waals surface area (Å²) in [6.45, 7) is 15.4. The van der Waals surface area contributed by atoms with Crippen LogP contribution in [0, 0.1) is 5.41 Å². The van der Waals surface area contributed by atoms with Gasteiger partial charge in [-0.3, -0.25) is 24.8 Å². The minimum atomic E-state index is -0.797. The van der Waals surface area contributed by atoms with E-state index in [4.69, 9.17) is 20.0 Å². The third kappa shape index (κ3) is 7.38. The summed E-state index contributed by atoms with van der Waals surface area (Å²) in [6.07, 6.45) is 0.661. The molecule has 0 amide bonds. The zero-order chi connectivity index (χ0) is 30.6. The Morgan fingerprint density at radius 2 is 1.69 bits per heavy atom. The molecule has 1 atom stereocenters. The highest BCUT2D eigenvalue weighted by Crippen LogP contribution is 2.36. The number of carboxylic acid groups (broad SMARTS) is 1. The Morgan fingerprint density at radius 1 is 1.00 bits per heavy atom. The Labute approximate surface area is 249 Å². The quantitative estimate of drug-likeness (QED) is 0.349. The first kappa shape index (κ1) is 31.7. The fraction of sp³-hybridized carbons (Fsp3) is 0.545. The van der Waals surface area contributed by atoms with Gasteiger partial charge in [-0.2, -0.15) is 0 Å². The molecule has 0 radical (unpaired) electrons. The van der Waals surface area contributed by atoms with E-state index in [1.54, 1.807) is 7.11 Å². The van der Waals surface area contributed by atoms with Crippen LogP contribution >= 0.6 is 0 Å². The number of piperazine rings is 1. The molecule has 2 aromatic carbocycles. The van der Waals surface area contributed by atoms with Crippen molar-refractivity contribution in [1.82, 2.24) is 14.7 Å². The third-order valence-corrected chi connectivity index (χ3v) is 8.22. The van der Waals surface area contributed by atoms with Crippen LogP contribution in [0.4, 0.5) is 0 Å². The first-order valence-electron chi connectivity index (χ1n) is 14.9. The van der Waals surface area contributed by atoms with Crippen molar-refractivity contribution in [2.75, 3.05) is 53.0 Å². The van der Waals surface area contributed by atoms with E-state index in [2.05, 4.69) is 38.7 Å². The van der Waals surface area contributed by atoms with Gasteiger partial charge in [0, 0.05) is 63.1 Å². The van der Waals surface area contributed by atoms with Gasteiger partial charge >= 0.3 is 5.97 Å². The molecule has 0 saturated carbocycles. The van der Waals surface area contributed by atoms with Crippen LogP contribution in [0.25, 0.3) is 0 Å². The standard InChI is InChI=1S/C33H46N4O5/c1-7-29(41-6)27-17-26-24(16-30(27)42-8-2)19-37(32(26)34)20-28(38)23-13-22(14-25(15-23)33(3,4)5)18-35-9-11-36(12-10-35)21-31(39)40/h13-17,29,34H,7-12,18-21H2,1-6H3,(H,39,40). The SMILES string of the molecule is CCOc1cc2c(cc1C(CC)OC)C(=N)N(CC(=O)c1cc(CN3CCN(CC(=O)O)CC3)cc(C(C)(C)C)c1)C2. The average Bonchev–Trinajstić information content (AvgIpc) is 3.23. The summed E-state index contributed by atoms with van der Waals surface area (Å²) in [5.74, 6) is 0.311. The number of carboxylic acids is 1. The number of aliphatic carboxylic acids is 1. The van der Waals surface area contributed by atoms with Crippen LogP contribution in [0.15, 0.2) is 30.3 Å². The number of fused-ring (bicyclic) bond motifs is 1. The maximum Gasteiger partial charge on any atom is 0.317 e. The van der Waals surface area contributed by atoms with E-state index < -0.39 is 5.97 Å². The fourth-order valence-corrected chi connectivity index (χ4v) is 5.82. The van der Waals surface area contributed by atoms with Gasteiger partial charge in [-0.1, -0.05) is 33.8 Å². The van der Waals surface area contributed by atoms with Gasteiger partial charge in [0.15, 0.2) is 5.78 Å². The molecule has 0 spiro atoms. The zero-order valence-electron chi connectivity index (χ0n) is 26.0. The number of nitrogens with one attached hydrogen (secondary N) is 1. The summed E-state index contributed by atoms with van der Waals surface area (Å²) in [6, 6.07) is 10.2. The molecule has 228 valence electrons. The number of ketones is 1. The largest absolute Gasteiger partial charge is 0.493 e. The molecular weight excluding hydrogens is 532 g/mol. The third-order valence-electron chi connectivity index (χ3n) is 8.22. The molecule has 2 aliphatic rings. The second kappa shape index (κ2) is 13.4. The normalized spacial score (nSPS) is 16.9. The van der Waals surface area contributed by atoms with Crippen molar-refractivity contribution in [3.63, 3.8) is 0 Å². The molecule has 2 N–H and O–H groups in total. The van der Waals surface area contributed by atoms with Gasteiger partial charge in [-0.05, 0) is 59.7 Å². The van der Waals surface area contributed by atoms with Gasteiger partial charge in [-0.25, -0.2) is 0 Å². The van der Waals surface area contributed by atoms with Crippen molar-refractivity contribution in [2.24, 2.45) is 0 Å². The molecule has 2 aliphatic heterocycles. The Morgan fingerprint density at radius 3 is 2.29 bits per heavy atom. The number of methoxy groups -OCH3 is 1. The van der Waals surface area contributed by atoms with Gasteiger partial charge in [0.1, 0.15) is 11.6 Å². The Bertz CT molecular complexity index is 1310. The van der Waals surface area contributed by atoms with Crippen LogP contribution in [-0.2, 0) is 28.0 Å². The summed E-state index contributed by atoms with van der Waals surface area (Å²) in [4.78, 5) is 30.9. The molecule has 1 saturated heterocycles. The second-order valence-electron chi connectivity index (χ2n) is 12.4. The lowest BCUT2D eigenvalue weighted by molar-refractivity contribution is -0.138. The number of benzene rings is 2. The van der Waals surface area contributed by atoms with Gasteiger partial charge in [0.25, 0.3) is 0 Å². The molecule has 2 aromatic rings. The summed E-state index contributed by atoms with van der Waals surface area (Å²) < 4.78 is 11.6. The maximum absolute atomic E-state index is 13.7. The maximum atomic E-state index is 13.7. The number of nitrogens with zero attached hydrogens (tertiary/aromatic N) is 3. The van der Waals surface area contributed by atoms with Crippen molar-refractivity contribution in [3.05, 3.63) is 63.7 Å². The number of rotatable bonds is 12. The van der Waals surface area contributed by atoms with Crippen molar-refractivity contribution < 1.29 is 24.2 Å². The number of hydrogen-bond acceptors (Lipinski definition) is 7. The molecule has 1 unspecified atom stereocenters. The van der Waals surface area contributed by atoms with Gasteiger partial charge in [-0.15, -0.1) is 0 Å². The molecule has 2 heterocycles. The molecule has 42 heavy (non-hydrogen) atoms. The first-order valence-corrected chi connectivity index (χ1v) is 14.9. The van der Waals surface area contributed by atoms with Crippen molar-refractivity contribution in [2.45, 2.75) is 65.6 Å². The van der Waals surface area contributed by atoms with Gasteiger partial charge in [0.05, 0.1) is 25.8 Å².